The van der Waals surface area contributed by atoms with E-state index in [1.54, 1.807) is 11.8 Å². The van der Waals surface area contributed by atoms with Gasteiger partial charge in [0.25, 0.3) is 0 Å². The fourth-order valence-electron chi connectivity index (χ4n) is 2.75. The number of aliphatic hydroxyl groups excluding tert-OH is 2. The van der Waals surface area contributed by atoms with E-state index >= 15 is 0 Å². The lowest BCUT2D eigenvalue weighted by Gasteiger charge is -2.24. The highest BCUT2D eigenvalue weighted by atomic mass is 32.2. The summed E-state index contributed by atoms with van der Waals surface area (Å²) in [6, 6.07) is 26.1. The first-order valence-electron chi connectivity index (χ1n) is 9.14. The van der Waals surface area contributed by atoms with Crippen LogP contribution in [0.1, 0.15) is 11.1 Å². The van der Waals surface area contributed by atoms with Gasteiger partial charge in [-0.3, -0.25) is 0 Å². The Morgan fingerprint density at radius 2 is 1.50 bits per heavy atom. The first kappa shape index (κ1) is 20.4. The summed E-state index contributed by atoms with van der Waals surface area (Å²) in [5.41, 5.74) is 7.09. The van der Waals surface area contributed by atoms with Crippen molar-refractivity contribution in [3.8, 4) is 5.75 Å². The second-order valence-electron chi connectivity index (χ2n) is 6.85. The molecule has 5 heteroatoms. The molecule has 0 bridgehead atoms. The minimum absolute atomic E-state index is 0.254. The van der Waals surface area contributed by atoms with Crippen molar-refractivity contribution in [3.63, 3.8) is 0 Å². The average molecular weight is 396 g/mol. The molecule has 0 aliphatic heterocycles. The van der Waals surface area contributed by atoms with Gasteiger partial charge in [0.2, 0.25) is 0 Å². The third-order valence-corrected chi connectivity index (χ3v) is 5.40. The third kappa shape index (κ3) is 5.84. The molecule has 0 atom stereocenters. The van der Waals surface area contributed by atoms with Crippen LogP contribution in [0.15, 0.2) is 88.7 Å². The van der Waals surface area contributed by atoms with Gasteiger partial charge < -0.3 is 20.7 Å². The van der Waals surface area contributed by atoms with Crippen LogP contribution >= 0.6 is 11.8 Å². The van der Waals surface area contributed by atoms with Gasteiger partial charge in [-0.25, -0.2) is 0 Å². The molecular formula is C23H25NO3S. The summed E-state index contributed by atoms with van der Waals surface area (Å²) in [6.45, 7) is 0.0335. The Bertz CT molecular complexity index is 865. The molecule has 0 fully saturated rings. The van der Waals surface area contributed by atoms with E-state index in [0.29, 0.717) is 13.0 Å². The number of nitrogens with two attached hydrogens (primary N) is 1. The van der Waals surface area contributed by atoms with Crippen LogP contribution in [0.25, 0.3) is 0 Å². The molecule has 0 aliphatic carbocycles. The molecule has 0 aromatic heterocycles. The lowest BCUT2D eigenvalue weighted by atomic mass is 9.94. The second kappa shape index (κ2) is 9.75. The van der Waals surface area contributed by atoms with Gasteiger partial charge >= 0.3 is 0 Å². The number of ether oxygens (including phenoxy) is 1. The predicted octanol–water partition coefficient (Wildman–Crippen LogP) is 3.64. The molecule has 0 aliphatic rings. The van der Waals surface area contributed by atoms with E-state index in [1.807, 2.05) is 72.8 Å². The van der Waals surface area contributed by atoms with Gasteiger partial charge in [-0.15, -0.1) is 0 Å². The number of rotatable bonds is 9. The summed E-state index contributed by atoms with van der Waals surface area (Å²) < 4.78 is 5.89. The molecule has 4 N–H and O–H groups in total. The van der Waals surface area contributed by atoms with Crippen molar-refractivity contribution >= 4 is 11.8 Å². The smallest absolute Gasteiger partial charge is 0.120 e. The normalized spacial score (nSPS) is 11.4. The first-order valence-corrected chi connectivity index (χ1v) is 9.96. The number of aliphatic hydroxyl groups is 2. The van der Waals surface area contributed by atoms with Crippen LogP contribution in [0, 0.1) is 0 Å². The Hall–Kier alpha value is -2.31. The van der Waals surface area contributed by atoms with Gasteiger partial charge in [0.15, 0.2) is 0 Å². The Balaban J connectivity index is 1.60. The number of hydrogen-bond acceptors (Lipinski definition) is 5. The second-order valence-corrected chi connectivity index (χ2v) is 8.00. The van der Waals surface area contributed by atoms with Gasteiger partial charge in [-0.2, -0.15) is 0 Å². The van der Waals surface area contributed by atoms with Gasteiger partial charge in [0, 0.05) is 9.79 Å². The zero-order valence-corrected chi connectivity index (χ0v) is 16.4. The molecule has 4 nitrogen and oxygen atoms in total. The molecule has 0 saturated heterocycles. The quantitative estimate of drug-likeness (QED) is 0.516. The maximum Gasteiger partial charge on any atom is 0.120 e. The van der Waals surface area contributed by atoms with E-state index in [9.17, 15) is 10.2 Å². The van der Waals surface area contributed by atoms with E-state index in [1.165, 1.54) is 0 Å². The molecule has 3 rings (SSSR count). The molecule has 0 radical (unpaired) electrons. The SMILES string of the molecule is NC(CO)(CO)Cc1ccc(Sc2cccc(OCc3ccccc3)c2)cc1. The molecule has 0 unspecified atom stereocenters. The molecule has 0 spiro atoms. The van der Waals surface area contributed by atoms with Crippen LogP contribution in [0.4, 0.5) is 0 Å². The van der Waals surface area contributed by atoms with Crippen molar-refractivity contribution in [2.45, 2.75) is 28.4 Å². The van der Waals surface area contributed by atoms with Crippen molar-refractivity contribution in [1.29, 1.82) is 0 Å². The highest BCUT2D eigenvalue weighted by molar-refractivity contribution is 7.99. The van der Waals surface area contributed by atoms with Crippen molar-refractivity contribution in [1.82, 2.24) is 0 Å². The number of benzene rings is 3. The van der Waals surface area contributed by atoms with Gasteiger partial charge in [-0.1, -0.05) is 60.3 Å². The van der Waals surface area contributed by atoms with E-state index in [-0.39, 0.29) is 13.2 Å². The van der Waals surface area contributed by atoms with Crippen LogP contribution < -0.4 is 10.5 Å². The summed E-state index contributed by atoms with van der Waals surface area (Å²) in [5, 5.41) is 18.7. The Kier molecular flexibility index (Phi) is 7.12. The maximum atomic E-state index is 9.34. The summed E-state index contributed by atoms with van der Waals surface area (Å²) >= 11 is 1.65. The Morgan fingerprint density at radius 3 is 2.18 bits per heavy atom. The highest BCUT2D eigenvalue weighted by Gasteiger charge is 2.23. The van der Waals surface area contributed by atoms with Crippen LogP contribution in [0.5, 0.6) is 5.75 Å². The lowest BCUT2D eigenvalue weighted by molar-refractivity contribution is 0.121. The van der Waals surface area contributed by atoms with Crippen LogP contribution in [-0.2, 0) is 13.0 Å². The minimum Gasteiger partial charge on any atom is -0.489 e. The summed E-state index contributed by atoms with van der Waals surface area (Å²) in [4.78, 5) is 2.19. The third-order valence-electron chi connectivity index (χ3n) is 4.40. The molecule has 3 aromatic rings. The highest BCUT2D eigenvalue weighted by Crippen LogP contribution is 2.30. The van der Waals surface area contributed by atoms with Crippen LogP contribution in [-0.4, -0.2) is 29.0 Å². The van der Waals surface area contributed by atoms with Crippen molar-refractivity contribution < 1.29 is 14.9 Å². The zero-order valence-electron chi connectivity index (χ0n) is 15.6. The first-order chi connectivity index (χ1) is 13.6. The molecule has 28 heavy (non-hydrogen) atoms. The standard InChI is InChI=1S/C23H25NO3S/c24-23(16-25,17-26)14-18-9-11-21(12-10-18)28-22-8-4-7-20(13-22)27-15-19-5-2-1-3-6-19/h1-13,25-26H,14-17,24H2. The summed E-state index contributed by atoms with van der Waals surface area (Å²) in [7, 11) is 0. The van der Waals surface area contributed by atoms with Gasteiger partial charge in [0.1, 0.15) is 12.4 Å². The molecule has 146 valence electrons. The fraction of sp³-hybridized carbons (Fsp3) is 0.217. The molecule has 3 aromatic carbocycles. The van der Waals surface area contributed by atoms with E-state index < -0.39 is 5.54 Å². The van der Waals surface area contributed by atoms with Crippen molar-refractivity contribution in [2.24, 2.45) is 5.73 Å². The summed E-state index contributed by atoms with van der Waals surface area (Å²) in [6.07, 6.45) is 0.424. The fourth-order valence-corrected chi connectivity index (χ4v) is 3.61. The predicted molar refractivity (Wildman–Crippen MR) is 113 cm³/mol. The largest absolute Gasteiger partial charge is 0.489 e. The van der Waals surface area contributed by atoms with E-state index in [0.717, 1.165) is 26.7 Å². The van der Waals surface area contributed by atoms with Gasteiger partial charge in [0.05, 0.1) is 18.8 Å². The maximum absolute atomic E-state index is 9.34. The van der Waals surface area contributed by atoms with E-state index in [2.05, 4.69) is 6.07 Å². The van der Waals surface area contributed by atoms with Crippen molar-refractivity contribution in [3.05, 3.63) is 90.0 Å². The average Bonchev–Trinajstić information content (AvgIpc) is 2.75. The van der Waals surface area contributed by atoms with Crippen LogP contribution in [0.3, 0.4) is 0 Å². The Labute approximate surface area is 170 Å². The number of hydrogen-bond donors (Lipinski definition) is 3. The minimum atomic E-state index is -0.987. The molecule has 0 amide bonds. The van der Waals surface area contributed by atoms with Gasteiger partial charge in [-0.05, 0) is 47.9 Å². The molecule has 0 heterocycles. The molecular weight excluding hydrogens is 370 g/mol. The van der Waals surface area contributed by atoms with E-state index in [4.69, 9.17) is 10.5 Å². The molecule has 0 saturated carbocycles. The lowest BCUT2D eigenvalue weighted by Crippen LogP contribution is -2.49. The van der Waals surface area contributed by atoms with Crippen molar-refractivity contribution in [2.75, 3.05) is 13.2 Å². The monoisotopic (exact) mass is 395 g/mol. The Morgan fingerprint density at radius 1 is 0.786 bits per heavy atom. The van der Waals surface area contributed by atoms with Crippen LogP contribution in [0.2, 0.25) is 0 Å². The summed E-state index contributed by atoms with van der Waals surface area (Å²) in [5.74, 6) is 0.837. The zero-order chi connectivity index (χ0) is 19.8. The topological polar surface area (TPSA) is 75.7 Å².